The van der Waals surface area contributed by atoms with Crippen molar-refractivity contribution in [3.8, 4) is 0 Å². The van der Waals surface area contributed by atoms with Gasteiger partial charge in [0.15, 0.2) is 5.65 Å². The van der Waals surface area contributed by atoms with E-state index < -0.39 is 0 Å². The number of aromatic nitrogens is 3. The third kappa shape index (κ3) is 3.12. The van der Waals surface area contributed by atoms with Gasteiger partial charge in [0, 0.05) is 39.8 Å². The highest BCUT2D eigenvalue weighted by molar-refractivity contribution is 5.73. The lowest BCUT2D eigenvalue weighted by Gasteiger charge is -2.35. The van der Waals surface area contributed by atoms with Crippen molar-refractivity contribution < 1.29 is 0 Å². The average molecular weight is 321 g/mol. The Morgan fingerprint density at radius 3 is 2.54 bits per heavy atom. The molecule has 1 aliphatic rings. The van der Waals surface area contributed by atoms with Gasteiger partial charge < -0.3 is 9.47 Å². The summed E-state index contributed by atoms with van der Waals surface area (Å²) in [6, 6.07) is 14.9. The van der Waals surface area contributed by atoms with Gasteiger partial charge in [-0.3, -0.25) is 4.90 Å². The molecule has 0 unspecified atom stereocenters. The van der Waals surface area contributed by atoms with E-state index >= 15 is 0 Å². The van der Waals surface area contributed by atoms with Crippen LogP contribution >= 0.6 is 0 Å². The van der Waals surface area contributed by atoms with E-state index in [1.807, 2.05) is 17.9 Å². The zero-order chi connectivity index (χ0) is 16.4. The van der Waals surface area contributed by atoms with Gasteiger partial charge in [-0.15, -0.1) is 0 Å². The Labute approximate surface area is 142 Å². The Morgan fingerprint density at radius 2 is 1.75 bits per heavy atom. The second-order valence-corrected chi connectivity index (χ2v) is 6.43. The number of pyridine rings is 1. The van der Waals surface area contributed by atoms with Crippen LogP contribution in [-0.2, 0) is 13.5 Å². The molecule has 0 N–H and O–H groups in total. The summed E-state index contributed by atoms with van der Waals surface area (Å²) in [6.45, 7) is 5.39. The SMILES string of the molecule is Cn1cnc2ccc(N3CCN(CCc4ccccc4)CC3)nc21. The first-order valence-corrected chi connectivity index (χ1v) is 8.59. The summed E-state index contributed by atoms with van der Waals surface area (Å²) in [5.74, 6) is 1.06. The second-order valence-electron chi connectivity index (χ2n) is 6.43. The molecule has 24 heavy (non-hydrogen) atoms. The van der Waals surface area contributed by atoms with Gasteiger partial charge >= 0.3 is 0 Å². The predicted molar refractivity (Wildman–Crippen MR) is 97.3 cm³/mol. The fourth-order valence-corrected chi connectivity index (χ4v) is 3.30. The van der Waals surface area contributed by atoms with Gasteiger partial charge in [-0.05, 0) is 24.1 Å². The van der Waals surface area contributed by atoms with Crippen molar-refractivity contribution in [1.29, 1.82) is 0 Å². The molecule has 5 heteroatoms. The number of benzene rings is 1. The summed E-state index contributed by atoms with van der Waals surface area (Å²) in [7, 11) is 1.99. The number of rotatable bonds is 4. The number of imidazole rings is 1. The maximum absolute atomic E-state index is 4.78. The maximum Gasteiger partial charge on any atom is 0.161 e. The number of hydrogen-bond donors (Lipinski definition) is 0. The fourth-order valence-electron chi connectivity index (χ4n) is 3.30. The van der Waals surface area contributed by atoms with Crippen LogP contribution < -0.4 is 4.90 Å². The number of hydrogen-bond acceptors (Lipinski definition) is 4. The van der Waals surface area contributed by atoms with E-state index in [-0.39, 0.29) is 0 Å². The molecule has 2 aromatic heterocycles. The van der Waals surface area contributed by atoms with Gasteiger partial charge in [0.1, 0.15) is 11.3 Å². The van der Waals surface area contributed by atoms with Crippen LogP contribution in [0.3, 0.4) is 0 Å². The van der Waals surface area contributed by atoms with Gasteiger partial charge in [-0.1, -0.05) is 30.3 Å². The van der Waals surface area contributed by atoms with E-state index in [0.717, 1.165) is 56.1 Å². The quantitative estimate of drug-likeness (QED) is 0.739. The number of aryl methyl sites for hydroxylation is 1. The number of anilines is 1. The topological polar surface area (TPSA) is 37.2 Å². The van der Waals surface area contributed by atoms with Gasteiger partial charge in [0.25, 0.3) is 0 Å². The molecule has 0 bridgehead atoms. The van der Waals surface area contributed by atoms with Crippen molar-refractivity contribution in [3.05, 3.63) is 54.4 Å². The monoisotopic (exact) mass is 321 g/mol. The van der Waals surface area contributed by atoms with Crippen molar-refractivity contribution in [2.24, 2.45) is 7.05 Å². The Balaban J connectivity index is 1.35. The number of piperazine rings is 1. The summed E-state index contributed by atoms with van der Waals surface area (Å²) >= 11 is 0. The van der Waals surface area contributed by atoms with E-state index in [2.05, 4.69) is 57.2 Å². The van der Waals surface area contributed by atoms with Crippen LogP contribution in [0.4, 0.5) is 5.82 Å². The molecular weight excluding hydrogens is 298 g/mol. The lowest BCUT2D eigenvalue weighted by Crippen LogP contribution is -2.47. The molecule has 5 nitrogen and oxygen atoms in total. The minimum absolute atomic E-state index is 0.957. The summed E-state index contributed by atoms with van der Waals surface area (Å²) in [5, 5.41) is 0. The normalized spacial score (nSPS) is 16.0. The van der Waals surface area contributed by atoms with E-state index in [4.69, 9.17) is 4.98 Å². The molecule has 3 aromatic rings. The van der Waals surface area contributed by atoms with Gasteiger partial charge in [0.05, 0.1) is 6.33 Å². The zero-order valence-corrected chi connectivity index (χ0v) is 14.1. The molecule has 0 atom stereocenters. The predicted octanol–water partition coefficient (Wildman–Crippen LogP) is 2.33. The second kappa shape index (κ2) is 6.61. The molecule has 3 heterocycles. The molecule has 1 fully saturated rings. The molecular formula is C19H23N5. The van der Waals surface area contributed by atoms with Crippen LogP contribution in [0.25, 0.3) is 11.2 Å². The van der Waals surface area contributed by atoms with Crippen molar-refractivity contribution >= 4 is 17.0 Å². The molecule has 0 amide bonds. The molecule has 1 aromatic carbocycles. The van der Waals surface area contributed by atoms with E-state index in [1.165, 1.54) is 5.56 Å². The van der Waals surface area contributed by atoms with E-state index in [9.17, 15) is 0 Å². The van der Waals surface area contributed by atoms with E-state index in [0.29, 0.717) is 0 Å². The smallest absolute Gasteiger partial charge is 0.161 e. The van der Waals surface area contributed by atoms with Gasteiger partial charge in [-0.2, -0.15) is 0 Å². The Morgan fingerprint density at radius 1 is 0.958 bits per heavy atom. The summed E-state index contributed by atoms with van der Waals surface area (Å²) in [6.07, 6.45) is 2.95. The molecule has 124 valence electrons. The third-order valence-electron chi connectivity index (χ3n) is 4.80. The summed E-state index contributed by atoms with van der Waals surface area (Å²) in [4.78, 5) is 14.1. The van der Waals surface area contributed by atoms with Crippen LogP contribution in [0.15, 0.2) is 48.8 Å². The fraction of sp³-hybridized carbons (Fsp3) is 0.368. The Kier molecular flexibility index (Phi) is 4.17. The first kappa shape index (κ1) is 15.1. The maximum atomic E-state index is 4.78. The van der Waals surface area contributed by atoms with Crippen molar-refractivity contribution in [1.82, 2.24) is 19.4 Å². The number of nitrogens with zero attached hydrogens (tertiary/aromatic N) is 5. The minimum Gasteiger partial charge on any atom is -0.354 e. The lowest BCUT2D eigenvalue weighted by atomic mass is 10.1. The standard InChI is InChI=1S/C19H23N5/c1-22-15-20-17-7-8-18(21-19(17)22)24-13-11-23(12-14-24)10-9-16-5-3-2-4-6-16/h2-8,15H,9-14H2,1H3. The first-order chi connectivity index (χ1) is 11.8. The summed E-state index contributed by atoms with van der Waals surface area (Å²) < 4.78 is 1.98. The highest BCUT2D eigenvalue weighted by atomic mass is 15.3. The molecule has 0 radical (unpaired) electrons. The van der Waals surface area contributed by atoms with Crippen molar-refractivity contribution in [2.75, 3.05) is 37.6 Å². The van der Waals surface area contributed by atoms with Crippen molar-refractivity contribution in [3.63, 3.8) is 0 Å². The van der Waals surface area contributed by atoms with E-state index in [1.54, 1.807) is 0 Å². The van der Waals surface area contributed by atoms with Crippen LogP contribution in [0.2, 0.25) is 0 Å². The van der Waals surface area contributed by atoms with Gasteiger partial charge in [-0.25, -0.2) is 9.97 Å². The average Bonchev–Trinajstić information content (AvgIpc) is 3.02. The van der Waals surface area contributed by atoms with Crippen LogP contribution in [0.1, 0.15) is 5.56 Å². The van der Waals surface area contributed by atoms with Gasteiger partial charge in [0.2, 0.25) is 0 Å². The van der Waals surface area contributed by atoms with Crippen LogP contribution in [-0.4, -0.2) is 52.2 Å². The minimum atomic E-state index is 0.957. The largest absolute Gasteiger partial charge is 0.354 e. The molecule has 1 saturated heterocycles. The molecule has 0 saturated carbocycles. The highest BCUT2D eigenvalue weighted by Gasteiger charge is 2.18. The highest BCUT2D eigenvalue weighted by Crippen LogP contribution is 2.18. The number of fused-ring (bicyclic) bond motifs is 1. The zero-order valence-electron chi connectivity index (χ0n) is 14.1. The lowest BCUT2D eigenvalue weighted by molar-refractivity contribution is 0.260. The molecule has 4 rings (SSSR count). The Hall–Kier alpha value is -2.40. The summed E-state index contributed by atoms with van der Waals surface area (Å²) in [5.41, 5.74) is 3.34. The van der Waals surface area contributed by atoms with Crippen molar-refractivity contribution in [2.45, 2.75) is 6.42 Å². The first-order valence-electron chi connectivity index (χ1n) is 8.59. The van der Waals surface area contributed by atoms with Crippen LogP contribution in [0.5, 0.6) is 0 Å². The molecule has 1 aliphatic heterocycles. The molecule has 0 spiro atoms. The molecule has 0 aliphatic carbocycles. The Bertz CT molecular complexity index is 803. The third-order valence-corrected chi connectivity index (χ3v) is 4.80. The van der Waals surface area contributed by atoms with Crippen LogP contribution in [0, 0.1) is 0 Å².